The van der Waals surface area contributed by atoms with Crippen molar-refractivity contribution >= 4 is 16.7 Å². The van der Waals surface area contributed by atoms with Gasteiger partial charge in [-0.2, -0.15) is 0 Å². The molecule has 0 atom stereocenters. The lowest BCUT2D eigenvalue weighted by molar-refractivity contribution is 0.103. The number of rotatable bonds is 2. The first-order valence-electron chi connectivity index (χ1n) is 6.42. The number of aromatic nitrogens is 1. The van der Waals surface area contributed by atoms with Crippen molar-refractivity contribution in [1.29, 1.82) is 0 Å². The van der Waals surface area contributed by atoms with Gasteiger partial charge in [0.25, 0.3) is 0 Å². The highest BCUT2D eigenvalue weighted by Gasteiger charge is 2.20. The number of halogens is 2. The first-order valence-corrected chi connectivity index (χ1v) is 6.42. The molecule has 1 heterocycles. The average Bonchev–Trinajstić information content (AvgIpc) is 2.51. The molecule has 0 saturated heterocycles. The number of para-hydroxylation sites is 1. The van der Waals surface area contributed by atoms with Crippen molar-refractivity contribution in [1.82, 2.24) is 4.98 Å². The maximum atomic E-state index is 14.0. The summed E-state index contributed by atoms with van der Waals surface area (Å²) in [4.78, 5) is 16.7. The molecule has 3 aromatic rings. The second-order valence-electron chi connectivity index (χ2n) is 4.77. The van der Waals surface area contributed by atoms with Crippen molar-refractivity contribution in [3.63, 3.8) is 0 Å². The number of aryl methyl sites for hydroxylation is 1. The van der Waals surface area contributed by atoms with Gasteiger partial charge in [-0.3, -0.25) is 9.78 Å². The lowest BCUT2D eigenvalue weighted by Gasteiger charge is -2.07. The molecule has 0 radical (unpaired) electrons. The van der Waals surface area contributed by atoms with Crippen LogP contribution in [-0.2, 0) is 0 Å². The van der Waals surface area contributed by atoms with Gasteiger partial charge in [0.1, 0.15) is 0 Å². The van der Waals surface area contributed by atoms with Crippen LogP contribution in [0.5, 0.6) is 0 Å². The van der Waals surface area contributed by atoms with E-state index in [1.165, 1.54) is 19.1 Å². The van der Waals surface area contributed by atoms with Crippen molar-refractivity contribution in [3.8, 4) is 0 Å². The molecule has 0 aliphatic rings. The Morgan fingerprint density at radius 1 is 0.952 bits per heavy atom. The largest absolute Gasteiger partial charge is 0.288 e. The fourth-order valence-corrected chi connectivity index (χ4v) is 2.25. The van der Waals surface area contributed by atoms with Crippen LogP contribution in [0.15, 0.2) is 48.7 Å². The van der Waals surface area contributed by atoms with Crippen LogP contribution >= 0.6 is 0 Å². The second-order valence-corrected chi connectivity index (χ2v) is 4.77. The van der Waals surface area contributed by atoms with Crippen molar-refractivity contribution in [3.05, 3.63) is 77.0 Å². The molecular formula is C17H11F2NO. The Hall–Kier alpha value is -2.62. The predicted molar refractivity (Wildman–Crippen MR) is 76.3 cm³/mol. The molecule has 0 spiro atoms. The van der Waals surface area contributed by atoms with Gasteiger partial charge in [0.2, 0.25) is 0 Å². The Balaban J connectivity index is 2.20. The number of hydrogen-bond donors (Lipinski definition) is 0. The van der Waals surface area contributed by atoms with Crippen molar-refractivity contribution < 1.29 is 13.6 Å². The number of carbonyl (C=O) groups excluding carboxylic acids is 1. The second kappa shape index (κ2) is 5.05. The number of fused-ring (bicyclic) bond motifs is 1. The summed E-state index contributed by atoms with van der Waals surface area (Å²) in [6.07, 6.45) is 1.56. The number of benzene rings is 2. The Morgan fingerprint density at radius 2 is 1.71 bits per heavy atom. The van der Waals surface area contributed by atoms with Gasteiger partial charge in [-0.05, 0) is 30.7 Å². The highest BCUT2D eigenvalue weighted by Crippen LogP contribution is 2.23. The van der Waals surface area contributed by atoms with Crippen LogP contribution in [-0.4, -0.2) is 10.8 Å². The third-order valence-electron chi connectivity index (χ3n) is 3.40. The summed E-state index contributed by atoms with van der Waals surface area (Å²) in [7, 11) is 0. The molecule has 0 bridgehead atoms. The number of ketones is 1. The Labute approximate surface area is 120 Å². The van der Waals surface area contributed by atoms with Crippen molar-refractivity contribution in [2.45, 2.75) is 6.92 Å². The molecule has 3 rings (SSSR count). The Morgan fingerprint density at radius 3 is 2.52 bits per heavy atom. The zero-order valence-electron chi connectivity index (χ0n) is 11.2. The molecule has 104 valence electrons. The van der Waals surface area contributed by atoms with Gasteiger partial charge in [-0.1, -0.05) is 24.3 Å². The SMILES string of the molecule is Cc1ccc(C(=O)c2cccc3cccnc23)c(F)c1F. The zero-order valence-corrected chi connectivity index (χ0v) is 11.2. The first kappa shape index (κ1) is 13.4. The fraction of sp³-hybridized carbons (Fsp3) is 0.0588. The van der Waals surface area contributed by atoms with Crippen LogP contribution in [0.3, 0.4) is 0 Å². The third kappa shape index (κ3) is 2.18. The van der Waals surface area contributed by atoms with Gasteiger partial charge >= 0.3 is 0 Å². The number of hydrogen-bond acceptors (Lipinski definition) is 2. The minimum Gasteiger partial charge on any atom is -0.288 e. The fourth-order valence-electron chi connectivity index (χ4n) is 2.25. The van der Waals surface area contributed by atoms with Gasteiger partial charge in [0.15, 0.2) is 17.4 Å². The predicted octanol–water partition coefficient (Wildman–Crippen LogP) is 4.05. The number of nitrogens with zero attached hydrogens (tertiary/aromatic N) is 1. The Bertz CT molecular complexity index is 853. The smallest absolute Gasteiger partial charge is 0.198 e. The summed E-state index contributed by atoms with van der Waals surface area (Å²) in [5.41, 5.74) is 0.622. The minimum absolute atomic E-state index is 0.167. The van der Waals surface area contributed by atoms with E-state index in [0.717, 1.165) is 5.39 Å². The van der Waals surface area contributed by atoms with Crippen LogP contribution in [0.25, 0.3) is 10.9 Å². The average molecular weight is 283 g/mol. The van der Waals surface area contributed by atoms with E-state index in [4.69, 9.17) is 0 Å². The lowest BCUT2D eigenvalue weighted by Crippen LogP contribution is -2.08. The van der Waals surface area contributed by atoms with E-state index in [0.29, 0.717) is 5.52 Å². The van der Waals surface area contributed by atoms with Gasteiger partial charge in [0.05, 0.1) is 11.1 Å². The molecule has 0 N–H and O–H groups in total. The van der Waals surface area contributed by atoms with E-state index in [1.807, 2.05) is 12.1 Å². The number of carbonyl (C=O) groups is 1. The summed E-state index contributed by atoms with van der Waals surface area (Å²) in [5.74, 6) is -2.68. The minimum atomic E-state index is -1.12. The van der Waals surface area contributed by atoms with E-state index >= 15 is 0 Å². The molecule has 2 nitrogen and oxygen atoms in total. The van der Waals surface area contributed by atoms with Crippen LogP contribution < -0.4 is 0 Å². The normalized spacial score (nSPS) is 10.8. The van der Waals surface area contributed by atoms with Gasteiger partial charge in [-0.25, -0.2) is 8.78 Å². The first-order chi connectivity index (χ1) is 10.1. The summed E-state index contributed by atoms with van der Waals surface area (Å²) in [6, 6.07) is 11.3. The summed E-state index contributed by atoms with van der Waals surface area (Å²) in [6.45, 7) is 1.45. The zero-order chi connectivity index (χ0) is 15.0. The molecule has 2 aromatic carbocycles. The summed E-state index contributed by atoms with van der Waals surface area (Å²) in [5, 5.41) is 0.774. The standard InChI is InChI=1S/C17H11F2NO/c1-10-7-8-12(15(19)14(10)18)17(21)13-6-2-4-11-5-3-9-20-16(11)13/h2-9H,1H3. The molecule has 1 aromatic heterocycles. The van der Waals surface area contributed by atoms with E-state index in [-0.39, 0.29) is 16.7 Å². The van der Waals surface area contributed by atoms with Crippen molar-refractivity contribution in [2.24, 2.45) is 0 Å². The summed E-state index contributed by atoms with van der Waals surface area (Å²) < 4.78 is 27.6. The molecule has 4 heteroatoms. The highest BCUT2D eigenvalue weighted by atomic mass is 19.2. The van der Waals surface area contributed by atoms with Crippen LogP contribution in [0.4, 0.5) is 8.78 Å². The van der Waals surface area contributed by atoms with Crippen LogP contribution in [0.1, 0.15) is 21.5 Å². The van der Waals surface area contributed by atoms with Crippen molar-refractivity contribution in [2.75, 3.05) is 0 Å². The highest BCUT2D eigenvalue weighted by molar-refractivity contribution is 6.15. The maximum absolute atomic E-state index is 14.0. The Kier molecular flexibility index (Phi) is 3.22. The molecule has 0 fully saturated rings. The molecule has 0 aliphatic heterocycles. The van der Waals surface area contributed by atoms with E-state index in [1.54, 1.807) is 24.4 Å². The molecule has 21 heavy (non-hydrogen) atoms. The molecule has 0 saturated carbocycles. The van der Waals surface area contributed by atoms with Crippen LogP contribution in [0.2, 0.25) is 0 Å². The van der Waals surface area contributed by atoms with E-state index < -0.39 is 17.4 Å². The quantitative estimate of drug-likeness (QED) is 0.664. The third-order valence-corrected chi connectivity index (χ3v) is 3.40. The topological polar surface area (TPSA) is 30.0 Å². The van der Waals surface area contributed by atoms with Gasteiger partial charge in [-0.15, -0.1) is 0 Å². The van der Waals surface area contributed by atoms with Crippen LogP contribution in [0, 0.1) is 18.6 Å². The monoisotopic (exact) mass is 283 g/mol. The molecule has 0 unspecified atom stereocenters. The summed E-state index contributed by atoms with van der Waals surface area (Å²) >= 11 is 0. The number of pyridine rings is 1. The van der Waals surface area contributed by atoms with E-state index in [2.05, 4.69) is 4.98 Å². The molecule has 0 amide bonds. The van der Waals surface area contributed by atoms with Gasteiger partial charge in [0, 0.05) is 17.1 Å². The maximum Gasteiger partial charge on any atom is 0.198 e. The van der Waals surface area contributed by atoms with Gasteiger partial charge < -0.3 is 0 Å². The van der Waals surface area contributed by atoms with E-state index in [9.17, 15) is 13.6 Å². The molecular weight excluding hydrogens is 272 g/mol. The lowest BCUT2D eigenvalue weighted by atomic mass is 9.99. The molecule has 0 aliphatic carbocycles.